The summed E-state index contributed by atoms with van der Waals surface area (Å²) in [6, 6.07) is 1.84. The summed E-state index contributed by atoms with van der Waals surface area (Å²) < 4.78 is 0. The summed E-state index contributed by atoms with van der Waals surface area (Å²) in [5, 5.41) is 3.87. The van der Waals surface area contributed by atoms with Crippen LogP contribution in [-0.4, -0.2) is 11.5 Å². The van der Waals surface area contributed by atoms with E-state index in [9.17, 15) is 0 Å². The number of hydrogen-bond donors (Lipinski definition) is 2. The van der Waals surface area contributed by atoms with Crippen molar-refractivity contribution in [3.63, 3.8) is 0 Å². The summed E-state index contributed by atoms with van der Waals surface area (Å²) in [6.07, 6.45) is 2.66. The van der Waals surface area contributed by atoms with Gasteiger partial charge >= 0.3 is 0 Å². The van der Waals surface area contributed by atoms with Gasteiger partial charge in [-0.3, -0.25) is 0 Å². The molecule has 0 aliphatic carbocycles. The molecule has 3 nitrogen and oxygen atoms in total. The normalized spacial score (nSPS) is 10.3. The Morgan fingerprint density at radius 3 is 3.08 bits per heavy atom. The van der Waals surface area contributed by atoms with E-state index in [2.05, 4.69) is 17.2 Å². The number of nitrogens with zero attached hydrogens (tertiary/aromatic N) is 1. The van der Waals surface area contributed by atoms with Gasteiger partial charge in [0.1, 0.15) is 5.82 Å². The lowest BCUT2D eigenvalue weighted by Gasteiger charge is -2.05. The minimum atomic E-state index is 0.549. The van der Waals surface area contributed by atoms with E-state index in [1.807, 2.05) is 6.07 Å². The number of aromatic nitrogens is 1. The lowest BCUT2D eigenvalue weighted by Crippen LogP contribution is -2.15. The van der Waals surface area contributed by atoms with Crippen LogP contribution >= 0.6 is 11.6 Å². The van der Waals surface area contributed by atoms with Crippen LogP contribution in [0.3, 0.4) is 0 Å². The van der Waals surface area contributed by atoms with Gasteiger partial charge in [-0.1, -0.05) is 18.5 Å². The Bertz CT molecular complexity index is 276. The van der Waals surface area contributed by atoms with Crippen molar-refractivity contribution in [1.29, 1.82) is 0 Å². The Morgan fingerprint density at radius 1 is 1.62 bits per heavy atom. The summed E-state index contributed by atoms with van der Waals surface area (Å²) in [5.74, 6) is 0.549. The number of hydrogen-bond acceptors (Lipinski definition) is 3. The second-order valence-electron chi connectivity index (χ2n) is 2.87. The number of halogens is 1. The second kappa shape index (κ2) is 5.04. The van der Waals surface area contributed by atoms with Gasteiger partial charge in [0.25, 0.3) is 0 Å². The molecule has 0 aliphatic rings. The molecule has 72 valence electrons. The lowest BCUT2D eigenvalue weighted by atomic mass is 10.2. The molecule has 0 saturated carbocycles. The molecule has 0 amide bonds. The van der Waals surface area contributed by atoms with Crippen LogP contribution in [0, 0.1) is 0 Å². The Balaban J connectivity index is 2.59. The first-order chi connectivity index (χ1) is 6.24. The van der Waals surface area contributed by atoms with Gasteiger partial charge in [0.2, 0.25) is 0 Å². The van der Waals surface area contributed by atoms with Gasteiger partial charge in [0.05, 0.1) is 5.02 Å². The quantitative estimate of drug-likeness (QED) is 0.728. The fourth-order valence-corrected chi connectivity index (χ4v) is 1.21. The van der Waals surface area contributed by atoms with Crippen molar-refractivity contribution >= 4 is 17.4 Å². The zero-order chi connectivity index (χ0) is 9.68. The Labute approximate surface area is 83.3 Å². The van der Waals surface area contributed by atoms with Crippen molar-refractivity contribution in [2.45, 2.75) is 19.9 Å². The molecule has 0 aliphatic heterocycles. The van der Waals surface area contributed by atoms with Crippen LogP contribution in [0.2, 0.25) is 5.02 Å². The summed E-state index contributed by atoms with van der Waals surface area (Å²) in [7, 11) is 0. The van der Waals surface area contributed by atoms with E-state index in [1.165, 1.54) is 0 Å². The molecule has 1 heterocycles. The van der Waals surface area contributed by atoms with Crippen LogP contribution in [0.4, 0.5) is 5.82 Å². The summed E-state index contributed by atoms with van der Waals surface area (Å²) in [4.78, 5) is 3.96. The molecule has 3 N–H and O–H groups in total. The third-order valence-corrected chi connectivity index (χ3v) is 1.92. The Kier molecular flexibility index (Phi) is 3.99. The molecule has 13 heavy (non-hydrogen) atoms. The summed E-state index contributed by atoms with van der Waals surface area (Å²) in [5.41, 5.74) is 6.62. The molecule has 4 heteroatoms. The van der Waals surface area contributed by atoms with Crippen LogP contribution in [-0.2, 0) is 6.54 Å². The molecule has 0 radical (unpaired) electrons. The largest absolute Gasteiger partial charge is 0.383 e. The van der Waals surface area contributed by atoms with Gasteiger partial charge in [-0.25, -0.2) is 4.98 Å². The van der Waals surface area contributed by atoms with E-state index in [0.717, 1.165) is 25.1 Å². The number of nitrogens with one attached hydrogen (secondary N) is 1. The van der Waals surface area contributed by atoms with Gasteiger partial charge < -0.3 is 11.1 Å². The molecular formula is C9H14ClN3. The molecule has 0 atom stereocenters. The van der Waals surface area contributed by atoms with Crippen molar-refractivity contribution in [3.8, 4) is 0 Å². The third-order valence-electron chi connectivity index (χ3n) is 1.71. The van der Waals surface area contributed by atoms with Crippen LogP contribution < -0.4 is 11.1 Å². The molecule has 0 saturated heterocycles. The van der Waals surface area contributed by atoms with Crippen molar-refractivity contribution < 1.29 is 0 Å². The minimum Gasteiger partial charge on any atom is -0.383 e. The molecular weight excluding hydrogens is 186 g/mol. The maximum absolute atomic E-state index is 5.78. The van der Waals surface area contributed by atoms with Crippen LogP contribution in [0.5, 0.6) is 0 Å². The van der Waals surface area contributed by atoms with E-state index < -0.39 is 0 Å². The standard InChI is InChI=1S/C9H14ClN3/c1-2-3-12-5-7-4-8(10)6-13-9(7)11/h4,6,12H,2-3,5H2,1H3,(H2,11,13). The molecule has 0 bridgehead atoms. The Hall–Kier alpha value is -0.800. The predicted octanol–water partition coefficient (Wildman–Crippen LogP) is 1.82. The zero-order valence-electron chi connectivity index (χ0n) is 7.68. The van der Waals surface area contributed by atoms with E-state index in [0.29, 0.717) is 10.8 Å². The highest BCUT2D eigenvalue weighted by Gasteiger charge is 2.00. The van der Waals surface area contributed by atoms with Crippen LogP contribution in [0.25, 0.3) is 0 Å². The highest BCUT2D eigenvalue weighted by Crippen LogP contribution is 2.14. The highest BCUT2D eigenvalue weighted by atomic mass is 35.5. The number of anilines is 1. The molecule has 0 spiro atoms. The van der Waals surface area contributed by atoms with Gasteiger partial charge in [-0.05, 0) is 19.0 Å². The fraction of sp³-hybridized carbons (Fsp3) is 0.444. The monoisotopic (exact) mass is 199 g/mol. The third kappa shape index (κ3) is 3.20. The van der Waals surface area contributed by atoms with Crippen molar-refractivity contribution in [3.05, 3.63) is 22.8 Å². The first kappa shape index (κ1) is 10.3. The molecule has 1 aromatic heterocycles. The highest BCUT2D eigenvalue weighted by molar-refractivity contribution is 6.30. The fourth-order valence-electron chi connectivity index (χ4n) is 1.03. The minimum absolute atomic E-state index is 0.549. The molecule has 0 unspecified atom stereocenters. The van der Waals surface area contributed by atoms with Crippen LogP contribution in [0.1, 0.15) is 18.9 Å². The average molecular weight is 200 g/mol. The summed E-state index contributed by atoms with van der Waals surface area (Å²) >= 11 is 5.78. The predicted molar refractivity (Wildman–Crippen MR) is 55.7 cm³/mol. The number of nitrogen functional groups attached to an aromatic ring is 1. The van der Waals surface area contributed by atoms with E-state index in [-0.39, 0.29) is 0 Å². The number of pyridine rings is 1. The van der Waals surface area contributed by atoms with Gasteiger partial charge in [-0.2, -0.15) is 0 Å². The van der Waals surface area contributed by atoms with Crippen molar-refractivity contribution in [2.24, 2.45) is 0 Å². The zero-order valence-corrected chi connectivity index (χ0v) is 8.43. The van der Waals surface area contributed by atoms with Crippen LogP contribution in [0.15, 0.2) is 12.3 Å². The van der Waals surface area contributed by atoms with Gasteiger partial charge in [-0.15, -0.1) is 0 Å². The lowest BCUT2D eigenvalue weighted by molar-refractivity contribution is 0.675. The Morgan fingerprint density at radius 2 is 2.38 bits per heavy atom. The number of rotatable bonds is 4. The summed E-state index contributed by atoms with van der Waals surface area (Å²) in [6.45, 7) is 3.83. The van der Waals surface area contributed by atoms with Gasteiger partial charge in [0, 0.05) is 18.3 Å². The maximum atomic E-state index is 5.78. The first-order valence-corrected chi connectivity index (χ1v) is 4.72. The van der Waals surface area contributed by atoms with Gasteiger partial charge in [0.15, 0.2) is 0 Å². The van der Waals surface area contributed by atoms with E-state index in [4.69, 9.17) is 17.3 Å². The molecule has 1 aromatic rings. The van der Waals surface area contributed by atoms with Crippen molar-refractivity contribution in [2.75, 3.05) is 12.3 Å². The van der Waals surface area contributed by atoms with E-state index >= 15 is 0 Å². The maximum Gasteiger partial charge on any atom is 0.127 e. The molecule has 1 rings (SSSR count). The molecule has 0 fully saturated rings. The second-order valence-corrected chi connectivity index (χ2v) is 3.31. The smallest absolute Gasteiger partial charge is 0.127 e. The van der Waals surface area contributed by atoms with E-state index in [1.54, 1.807) is 6.20 Å². The number of nitrogens with two attached hydrogens (primary N) is 1. The topological polar surface area (TPSA) is 50.9 Å². The first-order valence-electron chi connectivity index (χ1n) is 4.34. The average Bonchev–Trinajstić information content (AvgIpc) is 2.11. The SMILES string of the molecule is CCCNCc1cc(Cl)cnc1N. The molecule has 0 aromatic carbocycles. The van der Waals surface area contributed by atoms with Crippen molar-refractivity contribution in [1.82, 2.24) is 10.3 Å².